The maximum atomic E-state index is 11.5. The van der Waals surface area contributed by atoms with Crippen LogP contribution in [0, 0.1) is 6.92 Å². The summed E-state index contributed by atoms with van der Waals surface area (Å²) in [6, 6.07) is 5.70. The van der Waals surface area contributed by atoms with Gasteiger partial charge in [0.2, 0.25) is 0 Å². The minimum Gasteiger partial charge on any atom is -0.410 e. The first-order valence-electron chi connectivity index (χ1n) is 5.53. The molecule has 0 aliphatic rings. The number of carbonyl (C=O) groups is 1. The smallest absolute Gasteiger partial charge is 0.410 e. The van der Waals surface area contributed by atoms with E-state index in [1.165, 1.54) is 10.5 Å². The van der Waals surface area contributed by atoms with Crippen LogP contribution in [0.3, 0.4) is 0 Å². The largest absolute Gasteiger partial charge is 0.414 e. The second-order valence-electron chi connectivity index (χ2n) is 5.22. The fourth-order valence-electron chi connectivity index (χ4n) is 1.57. The van der Waals surface area contributed by atoms with Crippen LogP contribution in [-0.2, 0) is 0 Å². The van der Waals surface area contributed by atoms with Crippen LogP contribution in [0.2, 0.25) is 0 Å². The monoisotopic (exact) mass is 237 g/mol. The van der Waals surface area contributed by atoms with E-state index >= 15 is 0 Å². The van der Waals surface area contributed by atoms with Gasteiger partial charge in [-0.1, -0.05) is 0 Å². The highest BCUT2D eigenvalue weighted by atomic mass is 16.6. The Bertz CT molecular complexity index is 420. The third-order valence-electron chi connectivity index (χ3n) is 2.47. The molecular formula is C13H21N2O2+. The summed E-state index contributed by atoms with van der Waals surface area (Å²) in [5, 5.41) is 0. The van der Waals surface area contributed by atoms with Gasteiger partial charge >= 0.3 is 6.09 Å². The number of hydrogen-bond donors (Lipinski definition) is 0. The molecule has 94 valence electrons. The number of hydrogen-bond acceptors (Lipinski definition) is 2. The van der Waals surface area contributed by atoms with Crippen molar-refractivity contribution in [3.63, 3.8) is 0 Å². The molecular weight excluding hydrogens is 216 g/mol. The fraction of sp³-hybridized carbons (Fsp3) is 0.462. The molecule has 0 aliphatic carbocycles. The van der Waals surface area contributed by atoms with Gasteiger partial charge < -0.3 is 9.64 Å². The lowest BCUT2D eigenvalue weighted by atomic mass is 10.1. The number of carbonyl (C=O) groups excluding carboxylic acids is 1. The Morgan fingerprint density at radius 2 is 1.82 bits per heavy atom. The quantitative estimate of drug-likeness (QED) is 0.738. The van der Waals surface area contributed by atoms with Gasteiger partial charge in [-0.05, 0) is 19.1 Å². The van der Waals surface area contributed by atoms with Gasteiger partial charge in [0.25, 0.3) is 0 Å². The summed E-state index contributed by atoms with van der Waals surface area (Å²) in [6.45, 7) is 2.05. The summed E-state index contributed by atoms with van der Waals surface area (Å²) in [5.41, 5.74) is 2.32. The molecule has 0 aromatic heterocycles. The predicted molar refractivity (Wildman–Crippen MR) is 70.5 cm³/mol. The molecule has 0 fully saturated rings. The molecule has 0 spiro atoms. The van der Waals surface area contributed by atoms with Gasteiger partial charge in [-0.15, -0.1) is 0 Å². The summed E-state index contributed by atoms with van der Waals surface area (Å²) in [7, 11) is 9.58. The van der Waals surface area contributed by atoms with Crippen molar-refractivity contribution in [3.05, 3.63) is 23.8 Å². The van der Waals surface area contributed by atoms with Gasteiger partial charge in [0.15, 0.2) is 0 Å². The molecule has 0 radical (unpaired) electrons. The van der Waals surface area contributed by atoms with E-state index in [0.717, 1.165) is 5.69 Å². The van der Waals surface area contributed by atoms with Crippen molar-refractivity contribution in [1.82, 2.24) is 9.38 Å². The predicted octanol–water partition coefficient (Wildman–Crippen LogP) is 2.25. The minimum absolute atomic E-state index is 0.360. The molecule has 1 amide bonds. The summed E-state index contributed by atoms with van der Waals surface area (Å²) in [6.07, 6.45) is -0.360. The summed E-state index contributed by atoms with van der Waals surface area (Å²) >= 11 is 0. The fourth-order valence-corrected chi connectivity index (χ4v) is 1.57. The molecule has 0 heterocycles. The molecule has 1 aromatic rings. The first-order valence-corrected chi connectivity index (χ1v) is 5.53. The molecule has 0 saturated heterocycles. The van der Waals surface area contributed by atoms with E-state index in [4.69, 9.17) is 4.74 Å². The number of benzene rings is 1. The van der Waals surface area contributed by atoms with Crippen LogP contribution in [0.5, 0.6) is 5.75 Å². The zero-order valence-corrected chi connectivity index (χ0v) is 11.4. The molecule has 0 aliphatic heterocycles. The van der Waals surface area contributed by atoms with Gasteiger partial charge in [-0.2, -0.15) is 0 Å². The van der Waals surface area contributed by atoms with Crippen LogP contribution < -0.4 is 9.22 Å². The average molecular weight is 237 g/mol. The normalized spacial score (nSPS) is 11.2. The third-order valence-corrected chi connectivity index (χ3v) is 2.47. The van der Waals surface area contributed by atoms with Crippen LogP contribution in [-0.4, -0.2) is 46.2 Å². The Labute approximate surface area is 103 Å². The van der Waals surface area contributed by atoms with Gasteiger partial charge in [0.1, 0.15) is 11.4 Å². The number of quaternary nitrogens is 1. The van der Waals surface area contributed by atoms with Crippen LogP contribution in [0.1, 0.15) is 5.56 Å². The zero-order chi connectivity index (χ0) is 13.2. The second kappa shape index (κ2) is 4.75. The highest BCUT2D eigenvalue weighted by Gasteiger charge is 2.17. The number of nitrogens with zero attached hydrogens (tertiary/aromatic N) is 2. The van der Waals surface area contributed by atoms with Crippen molar-refractivity contribution in [2.45, 2.75) is 6.92 Å². The third kappa shape index (κ3) is 3.46. The summed E-state index contributed by atoms with van der Waals surface area (Å²) in [5.74, 6) is 0.581. The SMILES string of the molecule is Cc1ccc(OC(=O)N(C)C)cc1[N+](C)(C)C. The van der Waals surface area contributed by atoms with E-state index < -0.39 is 0 Å². The van der Waals surface area contributed by atoms with Crippen molar-refractivity contribution in [1.29, 1.82) is 0 Å². The van der Waals surface area contributed by atoms with Crippen molar-refractivity contribution < 1.29 is 9.53 Å². The Kier molecular flexibility index (Phi) is 3.78. The topological polar surface area (TPSA) is 29.5 Å². The van der Waals surface area contributed by atoms with E-state index in [-0.39, 0.29) is 6.09 Å². The molecule has 1 aromatic carbocycles. The average Bonchev–Trinajstić information content (AvgIpc) is 2.19. The summed E-state index contributed by atoms with van der Waals surface area (Å²) in [4.78, 5) is 12.9. The number of ether oxygens (including phenoxy) is 1. The van der Waals surface area contributed by atoms with Crippen molar-refractivity contribution in [2.24, 2.45) is 0 Å². The molecule has 0 atom stereocenters. The standard InChI is InChI=1S/C13H21N2O2/c1-10-7-8-11(17-13(16)14(2)3)9-12(10)15(4,5)6/h7-9H,1-6H3/q+1. The molecule has 4 heteroatoms. The van der Waals surface area contributed by atoms with E-state index in [9.17, 15) is 4.79 Å². The Hall–Kier alpha value is -1.55. The second-order valence-corrected chi connectivity index (χ2v) is 5.22. The zero-order valence-electron chi connectivity index (χ0n) is 11.4. The first-order chi connectivity index (χ1) is 7.71. The number of amides is 1. The molecule has 4 nitrogen and oxygen atoms in total. The molecule has 0 bridgehead atoms. The van der Waals surface area contributed by atoms with Gasteiger partial charge in [-0.25, -0.2) is 4.79 Å². The molecule has 17 heavy (non-hydrogen) atoms. The molecule has 0 saturated carbocycles. The number of rotatable bonds is 2. The molecule has 0 N–H and O–H groups in total. The van der Waals surface area contributed by atoms with E-state index in [1.54, 1.807) is 14.1 Å². The van der Waals surface area contributed by atoms with Gasteiger partial charge in [0, 0.05) is 25.7 Å². The highest BCUT2D eigenvalue weighted by Crippen LogP contribution is 2.27. The first kappa shape index (κ1) is 13.5. The molecule has 0 unspecified atom stereocenters. The maximum Gasteiger partial charge on any atom is 0.414 e. The number of aryl methyl sites for hydroxylation is 1. The van der Waals surface area contributed by atoms with E-state index in [2.05, 4.69) is 28.1 Å². The van der Waals surface area contributed by atoms with E-state index in [0.29, 0.717) is 10.2 Å². The van der Waals surface area contributed by atoms with Crippen LogP contribution in [0.4, 0.5) is 10.5 Å². The highest BCUT2D eigenvalue weighted by molar-refractivity contribution is 5.70. The van der Waals surface area contributed by atoms with Gasteiger partial charge in [0.05, 0.1) is 21.1 Å². The van der Waals surface area contributed by atoms with Crippen molar-refractivity contribution >= 4 is 11.8 Å². The van der Waals surface area contributed by atoms with Crippen molar-refractivity contribution in [2.75, 3.05) is 35.2 Å². The Morgan fingerprint density at radius 1 is 1.24 bits per heavy atom. The van der Waals surface area contributed by atoms with Crippen LogP contribution in [0.25, 0.3) is 0 Å². The molecule has 1 rings (SSSR count). The Morgan fingerprint density at radius 3 is 2.29 bits per heavy atom. The lowest BCUT2D eigenvalue weighted by Gasteiger charge is -2.25. The Balaban J connectivity index is 3.01. The lowest BCUT2D eigenvalue weighted by Crippen LogP contribution is -2.35. The minimum atomic E-state index is -0.360. The van der Waals surface area contributed by atoms with Crippen LogP contribution in [0.15, 0.2) is 18.2 Å². The van der Waals surface area contributed by atoms with E-state index in [1.807, 2.05) is 18.2 Å². The van der Waals surface area contributed by atoms with Crippen molar-refractivity contribution in [3.8, 4) is 5.75 Å². The maximum absolute atomic E-state index is 11.5. The van der Waals surface area contributed by atoms with Crippen LogP contribution >= 0.6 is 0 Å². The van der Waals surface area contributed by atoms with Gasteiger partial charge in [-0.3, -0.25) is 4.48 Å². The lowest BCUT2D eigenvalue weighted by molar-refractivity contribution is 0.172. The summed E-state index contributed by atoms with van der Waals surface area (Å²) < 4.78 is 5.94.